The molecule has 0 aliphatic carbocycles. The number of hydrogen-bond acceptors (Lipinski definition) is 4. The number of aromatic nitrogens is 1. The Hall–Kier alpha value is -2.07. The lowest BCUT2D eigenvalue weighted by atomic mass is 10.2. The molecule has 2 rings (SSSR count). The Morgan fingerprint density at radius 2 is 1.71 bits per heavy atom. The summed E-state index contributed by atoms with van der Waals surface area (Å²) in [7, 11) is 1.92. The lowest BCUT2D eigenvalue weighted by molar-refractivity contribution is 0.317. The van der Waals surface area contributed by atoms with Crippen molar-refractivity contribution in [2.24, 2.45) is 0 Å². The summed E-state index contributed by atoms with van der Waals surface area (Å²) in [5.74, 6) is 2.36. The van der Waals surface area contributed by atoms with Gasteiger partial charge < -0.3 is 14.8 Å². The largest absolute Gasteiger partial charge is 0.494 e. The quantitative estimate of drug-likeness (QED) is 0.837. The van der Waals surface area contributed by atoms with Crippen molar-refractivity contribution >= 4 is 0 Å². The van der Waals surface area contributed by atoms with Gasteiger partial charge >= 0.3 is 0 Å². The van der Waals surface area contributed by atoms with E-state index in [1.165, 1.54) is 0 Å². The zero-order valence-corrected chi connectivity index (χ0v) is 12.8. The highest BCUT2D eigenvalue weighted by Gasteiger charge is 2.04. The molecule has 0 aliphatic heterocycles. The monoisotopic (exact) mass is 286 g/mol. The fourth-order valence-electron chi connectivity index (χ4n) is 1.82. The van der Waals surface area contributed by atoms with Crippen molar-refractivity contribution in [1.82, 2.24) is 10.3 Å². The van der Waals surface area contributed by atoms with Gasteiger partial charge in [-0.2, -0.15) is 0 Å². The molecule has 4 heteroatoms. The van der Waals surface area contributed by atoms with Crippen molar-refractivity contribution < 1.29 is 9.47 Å². The molecule has 1 atom stereocenters. The van der Waals surface area contributed by atoms with Gasteiger partial charge in [-0.3, -0.25) is 4.98 Å². The van der Waals surface area contributed by atoms with Gasteiger partial charge in [0.2, 0.25) is 0 Å². The van der Waals surface area contributed by atoms with Gasteiger partial charge in [0.15, 0.2) is 0 Å². The van der Waals surface area contributed by atoms with Crippen LogP contribution >= 0.6 is 0 Å². The molecule has 112 valence electrons. The van der Waals surface area contributed by atoms with Gasteiger partial charge in [0.05, 0.1) is 18.5 Å². The van der Waals surface area contributed by atoms with Crippen LogP contribution in [0.15, 0.2) is 42.6 Å². The second-order valence-electron chi connectivity index (χ2n) is 4.85. The van der Waals surface area contributed by atoms with Gasteiger partial charge in [-0.05, 0) is 56.8 Å². The van der Waals surface area contributed by atoms with E-state index in [9.17, 15) is 0 Å². The molecule has 0 saturated heterocycles. The van der Waals surface area contributed by atoms with Crippen LogP contribution in [-0.4, -0.2) is 18.6 Å². The first-order valence-electron chi connectivity index (χ1n) is 7.27. The molecule has 0 radical (unpaired) electrons. The predicted octanol–water partition coefficient (Wildman–Crippen LogP) is 3.94. The zero-order valence-electron chi connectivity index (χ0n) is 12.8. The smallest absolute Gasteiger partial charge is 0.145 e. The Morgan fingerprint density at radius 3 is 2.29 bits per heavy atom. The van der Waals surface area contributed by atoms with Crippen LogP contribution in [-0.2, 0) is 0 Å². The molecule has 2 aromatic rings. The number of benzene rings is 1. The summed E-state index contributed by atoms with van der Waals surface area (Å²) in [6.45, 7) is 4.89. The summed E-state index contributed by atoms with van der Waals surface area (Å²) in [6.07, 6.45) is 2.74. The molecule has 0 fully saturated rings. The molecule has 4 nitrogen and oxygen atoms in total. The highest BCUT2D eigenvalue weighted by molar-refractivity contribution is 5.35. The maximum absolute atomic E-state index is 5.77. The summed E-state index contributed by atoms with van der Waals surface area (Å²) in [6, 6.07) is 11.7. The Morgan fingerprint density at radius 1 is 1.05 bits per heavy atom. The van der Waals surface area contributed by atoms with Crippen LogP contribution in [0.25, 0.3) is 0 Å². The third-order valence-corrected chi connectivity index (χ3v) is 3.17. The highest BCUT2D eigenvalue weighted by atomic mass is 16.5. The Balaban J connectivity index is 1.97. The Kier molecular flexibility index (Phi) is 5.58. The first-order valence-corrected chi connectivity index (χ1v) is 7.27. The molecule has 0 spiro atoms. The second-order valence-corrected chi connectivity index (χ2v) is 4.85. The van der Waals surface area contributed by atoms with Crippen molar-refractivity contribution in [3.8, 4) is 17.2 Å². The molecule has 1 unspecified atom stereocenters. The Labute approximate surface area is 126 Å². The molecule has 1 aromatic carbocycles. The van der Waals surface area contributed by atoms with Crippen LogP contribution in [0.2, 0.25) is 0 Å². The van der Waals surface area contributed by atoms with E-state index in [4.69, 9.17) is 9.47 Å². The molecule has 0 bridgehead atoms. The topological polar surface area (TPSA) is 43.4 Å². The summed E-state index contributed by atoms with van der Waals surface area (Å²) in [5.41, 5.74) is 0.994. The maximum Gasteiger partial charge on any atom is 0.145 e. The second kappa shape index (κ2) is 7.64. The fraction of sp³-hybridized carbons (Fsp3) is 0.353. The lowest BCUT2D eigenvalue weighted by Crippen LogP contribution is -2.13. The lowest BCUT2D eigenvalue weighted by Gasteiger charge is -2.11. The summed E-state index contributed by atoms with van der Waals surface area (Å²) >= 11 is 0. The minimum absolute atomic E-state index is 0.231. The van der Waals surface area contributed by atoms with Gasteiger partial charge in [0.1, 0.15) is 17.2 Å². The Bertz CT molecular complexity index is 538. The minimum Gasteiger partial charge on any atom is -0.494 e. The van der Waals surface area contributed by atoms with Crippen molar-refractivity contribution in [2.45, 2.75) is 26.3 Å². The van der Waals surface area contributed by atoms with Crippen molar-refractivity contribution in [3.05, 3.63) is 48.3 Å². The van der Waals surface area contributed by atoms with E-state index in [0.717, 1.165) is 36.0 Å². The third kappa shape index (κ3) is 4.46. The summed E-state index contributed by atoms with van der Waals surface area (Å²) in [5, 5.41) is 3.16. The molecular weight excluding hydrogens is 264 g/mol. The SMILES string of the molecule is CCCOc1ccc(Oc2ccc(C(C)NC)nc2)cc1. The maximum atomic E-state index is 5.77. The number of rotatable bonds is 7. The van der Waals surface area contributed by atoms with Gasteiger partial charge in [-0.25, -0.2) is 0 Å². The molecule has 0 saturated carbocycles. The van der Waals surface area contributed by atoms with Crippen LogP contribution in [0.4, 0.5) is 0 Å². The molecule has 21 heavy (non-hydrogen) atoms. The average Bonchev–Trinajstić information content (AvgIpc) is 2.54. The van der Waals surface area contributed by atoms with Crippen LogP contribution in [0.1, 0.15) is 32.0 Å². The molecule has 1 N–H and O–H groups in total. The van der Waals surface area contributed by atoms with Crippen molar-refractivity contribution in [2.75, 3.05) is 13.7 Å². The van der Waals surface area contributed by atoms with E-state index in [1.54, 1.807) is 6.20 Å². The molecule has 1 aromatic heterocycles. The van der Waals surface area contributed by atoms with Gasteiger partial charge in [0, 0.05) is 6.04 Å². The van der Waals surface area contributed by atoms with Crippen molar-refractivity contribution in [1.29, 1.82) is 0 Å². The zero-order chi connectivity index (χ0) is 15.1. The number of nitrogens with one attached hydrogen (secondary N) is 1. The molecule has 1 heterocycles. The standard InChI is InChI=1S/C17H22N2O2/c1-4-11-20-14-5-7-15(8-6-14)21-16-9-10-17(19-12-16)13(2)18-3/h5-10,12-13,18H,4,11H2,1-3H3. The molecular formula is C17H22N2O2. The highest BCUT2D eigenvalue weighted by Crippen LogP contribution is 2.24. The van der Waals surface area contributed by atoms with E-state index < -0.39 is 0 Å². The van der Waals surface area contributed by atoms with E-state index in [0.29, 0.717) is 0 Å². The van der Waals surface area contributed by atoms with E-state index in [1.807, 2.05) is 43.4 Å². The molecule has 0 aliphatic rings. The van der Waals surface area contributed by atoms with Gasteiger partial charge in [-0.15, -0.1) is 0 Å². The number of hydrogen-bond donors (Lipinski definition) is 1. The number of nitrogens with zero attached hydrogens (tertiary/aromatic N) is 1. The normalized spacial score (nSPS) is 12.0. The van der Waals surface area contributed by atoms with Crippen LogP contribution in [0, 0.1) is 0 Å². The summed E-state index contributed by atoms with van der Waals surface area (Å²) < 4.78 is 11.3. The van der Waals surface area contributed by atoms with Gasteiger partial charge in [-0.1, -0.05) is 6.92 Å². The summed E-state index contributed by atoms with van der Waals surface area (Å²) in [4.78, 5) is 4.39. The first kappa shape index (κ1) is 15.3. The minimum atomic E-state index is 0.231. The first-order chi connectivity index (χ1) is 10.2. The van der Waals surface area contributed by atoms with E-state index >= 15 is 0 Å². The van der Waals surface area contributed by atoms with Crippen LogP contribution < -0.4 is 14.8 Å². The number of pyridine rings is 1. The van der Waals surface area contributed by atoms with E-state index in [2.05, 4.69) is 24.1 Å². The van der Waals surface area contributed by atoms with Crippen LogP contribution in [0.5, 0.6) is 17.2 Å². The third-order valence-electron chi connectivity index (χ3n) is 3.17. The predicted molar refractivity (Wildman–Crippen MR) is 84.0 cm³/mol. The van der Waals surface area contributed by atoms with Crippen molar-refractivity contribution in [3.63, 3.8) is 0 Å². The van der Waals surface area contributed by atoms with E-state index in [-0.39, 0.29) is 6.04 Å². The number of ether oxygens (including phenoxy) is 2. The average molecular weight is 286 g/mol. The van der Waals surface area contributed by atoms with Crippen LogP contribution in [0.3, 0.4) is 0 Å². The molecule has 0 amide bonds. The van der Waals surface area contributed by atoms with Gasteiger partial charge in [0.25, 0.3) is 0 Å². The fourth-order valence-corrected chi connectivity index (χ4v) is 1.82.